The number of hydrazone groups is 1. The number of nitrogens with one attached hydrogen (secondary N) is 1. The third-order valence-corrected chi connectivity index (χ3v) is 5.42. The molecule has 0 aliphatic heterocycles. The van der Waals surface area contributed by atoms with E-state index in [4.69, 9.17) is 0 Å². The molecule has 3 aromatic rings. The zero-order valence-electron chi connectivity index (χ0n) is 15.8. The van der Waals surface area contributed by atoms with Gasteiger partial charge in [0.15, 0.2) is 0 Å². The number of allylic oxidation sites excluding steroid dienone is 1. The summed E-state index contributed by atoms with van der Waals surface area (Å²) in [6, 6.07) is 26.5. The highest BCUT2D eigenvalue weighted by atomic mass is 32.2. The topological polar surface area (TPSA) is 58.5 Å². The van der Waals surface area contributed by atoms with Gasteiger partial charge in [0.2, 0.25) is 0 Å². The summed E-state index contributed by atoms with van der Waals surface area (Å²) < 4.78 is 24.9. The molecule has 0 amide bonds. The van der Waals surface area contributed by atoms with Gasteiger partial charge in [-0.25, -0.2) is 0 Å². The smallest absolute Gasteiger partial charge is 0.200 e. The predicted octanol–water partition coefficient (Wildman–Crippen LogP) is 4.78. The maximum absolute atomic E-state index is 12.4. The van der Waals surface area contributed by atoms with Gasteiger partial charge in [0.25, 0.3) is 10.0 Å². The second-order valence-corrected chi connectivity index (χ2v) is 8.11. The van der Waals surface area contributed by atoms with E-state index < -0.39 is 10.0 Å². The minimum atomic E-state index is -3.70. The van der Waals surface area contributed by atoms with Gasteiger partial charge in [-0.15, -0.1) is 0 Å². The molecule has 1 N–H and O–H groups in total. The van der Waals surface area contributed by atoms with Crippen molar-refractivity contribution in [2.75, 3.05) is 0 Å². The third-order valence-electron chi connectivity index (χ3n) is 4.20. The highest BCUT2D eigenvalue weighted by Gasteiger charge is 2.12. The Balaban J connectivity index is 1.91. The zero-order valence-corrected chi connectivity index (χ0v) is 16.6. The van der Waals surface area contributed by atoms with Crippen molar-refractivity contribution in [3.8, 4) is 0 Å². The fraction of sp³-hybridized carbons (Fsp3) is 0.0870. The fourth-order valence-corrected chi connectivity index (χ4v) is 3.58. The van der Waals surface area contributed by atoms with E-state index in [1.165, 1.54) is 0 Å². The first-order valence-corrected chi connectivity index (χ1v) is 10.4. The van der Waals surface area contributed by atoms with E-state index in [-0.39, 0.29) is 4.90 Å². The minimum absolute atomic E-state index is 0.185. The largest absolute Gasteiger partial charge is 0.276 e. The number of aryl methyl sites for hydroxylation is 1. The molecule has 0 aliphatic carbocycles. The Kier molecular flexibility index (Phi) is 6.06. The number of sulfonamides is 1. The van der Waals surface area contributed by atoms with Crippen LogP contribution in [0.15, 0.2) is 101 Å². The van der Waals surface area contributed by atoms with E-state index in [0.717, 1.165) is 22.3 Å². The molecule has 0 fully saturated rings. The Morgan fingerprint density at radius 1 is 0.821 bits per heavy atom. The SMILES string of the molecule is C/C(C=C(c1ccccc1)c1ccccc1)=N\NS(=O)(=O)c1ccc(C)cc1. The van der Waals surface area contributed by atoms with Crippen molar-refractivity contribution >= 4 is 21.3 Å². The number of rotatable bonds is 6. The first-order valence-electron chi connectivity index (χ1n) is 8.91. The second kappa shape index (κ2) is 8.67. The second-order valence-electron chi connectivity index (χ2n) is 6.45. The monoisotopic (exact) mass is 390 g/mol. The molecular weight excluding hydrogens is 368 g/mol. The average Bonchev–Trinajstić information content (AvgIpc) is 2.72. The summed E-state index contributed by atoms with van der Waals surface area (Å²) >= 11 is 0. The molecule has 0 atom stereocenters. The lowest BCUT2D eigenvalue weighted by Crippen LogP contribution is -2.19. The predicted molar refractivity (Wildman–Crippen MR) is 115 cm³/mol. The average molecular weight is 391 g/mol. The van der Waals surface area contributed by atoms with Crippen LogP contribution in [0.4, 0.5) is 0 Å². The molecule has 0 aromatic heterocycles. The van der Waals surface area contributed by atoms with Gasteiger partial charge in [-0.1, -0.05) is 78.4 Å². The molecule has 5 heteroatoms. The molecule has 0 unspecified atom stereocenters. The van der Waals surface area contributed by atoms with Gasteiger partial charge in [0.1, 0.15) is 0 Å². The molecule has 28 heavy (non-hydrogen) atoms. The van der Waals surface area contributed by atoms with Gasteiger partial charge in [-0.3, -0.25) is 0 Å². The van der Waals surface area contributed by atoms with E-state index in [2.05, 4.69) is 9.93 Å². The fourth-order valence-electron chi connectivity index (χ4n) is 2.71. The van der Waals surface area contributed by atoms with Crippen LogP contribution in [0.1, 0.15) is 23.6 Å². The Bertz CT molecular complexity index is 1040. The molecule has 0 spiro atoms. The van der Waals surface area contributed by atoms with Crippen LogP contribution in [-0.2, 0) is 10.0 Å². The summed E-state index contributed by atoms with van der Waals surface area (Å²) in [5.74, 6) is 0. The molecule has 4 nitrogen and oxygen atoms in total. The van der Waals surface area contributed by atoms with Crippen LogP contribution < -0.4 is 4.83 Å². The molecule has 0 saturated carbocycles. The van der Waals surface area contributed by atoms with Gasteiger partial charge in [0.05, 0.1) is 10.6 Å². The van der Waals surface area contributed by atoms with Crippen LogP contribution >= 0.6 is 0 Å². The molecule has 0 saturated heterocycles. The summed E-state index contributed by atoms with van der Waals surface area (Å²) in [7, 11) is -3.70. The Hall–Kier alpha value is -3.18. The maximum Gasteiger partial charge on any atom is 0.276 e. The van der Waals surface area contributed by atoms with Crippen LogP contribution in [0.3, 0.4) is 0 Å². The summed E-state index contributed by atoms with van der Waals surface area (Å²) in [5.41, 5.74) is 4.58. The lowest BCUT2D eigenvalue weighted by molar-refractivity contribution is 0.584. The van der Waals surface area contributed by atoms with Crippen molar-refractivity contribution in [1.82, 2.24) is 4.83 Å². The molecule has 142 valence electrons. The zero-order chi connectivity index (χ0) is 20.0. The quantitative estimate of drug-likeness (QED) is 0.486. The Morgan fingerprint density at radius 3 is 1.82 bits per heavy atom. The van der Waals surface area contributed by atoms with Crippen LogP contribution in [0.5, 0.6) is 0 Å². The van der Waals surface area contributed by atoms with Gasteiger partial charge in [-0.2, -0.15) is 18.4 Å². The molecule has 3 aromatic carbocycles. The normalized spacial score (nSPS) is 11.7. The number of hydrogen-bond donors (Lipinski definition) is 1. The highest BCUT2D eigenvalue weighted by Crippen LogP contribution is 2.23. The van der Waals surface area contributed by atoms with E-state index in [9.17, 15) is 8.42 Å². The summed E-state index contributed by atoms with van der Waals surface area (Å²) in [4.78, 5) is 2.50. The standard InChI is InChI=1S/C23H22N2O2S/c1-18-13-15-22(16-14-18)28(26,27)25-24-19(2)17-23(20-9-5-3-6-10-20)21-11-7-4-8-12-21/h3-17,25H,1-2H3/b24-19+. The molecule has 0 bridgehead atoms. The van der Waals surface area contributed by atoms with E-state index in [1.807, 2.05) is 73.7 Å². The van der Waals surface area contributed by atoms with Crippen molar-refractivity contribution in [2.45, 2.75) is 18.7 Å². The van der Waals surface area contributed by atoms with Gasteiger partial charge < -0.3 is 0 Å². The molecule has 0 heterocycles. The van der Waals surface area contributed by atoms with Crippen LogP contribution in [0.2, 0.25) is 0 Å². The maximum atomic E-state index is 12.4. The van der Waals surface area contributed by atoms with Crippen molar-refractivity contribution in [3.05, 3.63) is 108 Å². The first-order chi connectivity index (χ1) is 13.5. The van der Waals surface area contributed by atoms with E-state index >= 15 is 0 Å². The molecular formula is C23H22N2O2S. The summed E-state index contributed by atoms with van der Waals surface area (Å²) in [5, 5.41) is 4.09. The Labute approximate surface area is 166 Å². The van der Waals surface area contributed by atoms with E-state index in [0.29, 0.717) is 5.71 Å². The van der Waals surface area contributed by atoms with Gasteiger partial charge >= 0.3 is 0 Å². The lowest BCUT2D eigenvalue weighted by Gasteiger charge is -2.09. The first kappa shape index (κ1) is 19.6. The molecule has 0 radical (unpaired) electrons. The van der Waals surface area contributed by atoms with Crippen molar-refractivity contribution in [3.63, 3.8) is 0 Å². The van der Waals surface area contributed by atoms with Crippen molar-refractivity contribution in [2.24, 2.45) is 5.10 Å². The number of hydrogen-bond acceptors (Lipinski definition) is 3. The Morgan fingerprint density at radius 2 is 1.32 bits per heavy atom. The lowest BCUT2D eigenvalue weighted by atomic mass is 9.97. The van der Waals surface area contributed by atoms with Crippen LogP contribution in [0, 0.1) is 6.92 Å². The van der Waals surface area contributed by atoms with Crippen LogP contribution in [-0.4, -0.2) is 14.1 Å². The summed E-state index contributed by atoms with van der Waals surface area (Å²) in [6.07, 6.45) is 1.88. The number of benzene rings is 3. The van der Waals surface area contributed by atoms with Crippen molar-refractivity contribution < 1.29 is 8.42 Å². The highest BCUT2D eigenvalue weighted by molar-refractivity contribution is 7.89. The molecule has 3 rings (SSSR count). The summed E-state index contributed by atoms with van der Waals surface area (Å²) in [6.45, 7) is 3.68. The minimum Gasteiger partial charge on any atom is -0.200 e. The van der Waals surface area contributed by atoms with Crippen molar-refractivity contribution in [1.29, 1.82) is 0 Å². The van der Waals surface area contributed by atoms with Gasteiger partial charge in [0, 0.05) is 0 Å². The third kappa shape index (κ3) is 4.96. The van der Waals surface area contributed by atoms with Gasteiger partial charge in [-0.05, 0) is 48.8 Å². The van der Waals surface area contributed by atoms with E-state index in [1.54, 1.807) is 31.2 Å². The van der Waals surface area contributed by atoms with Crippen LogP contribution in [0.25, 0.3) is 5.57 Å². The number of nitrogens with zero attached hydrogens (tertiary/aromatic N) is 1. The molecule has 0 aliphatic rings.